The first-order valence-corrected chi connectivity index (χ1v) is 6.86. The van der Waals surface area contributed by atoms with Crippen molar-refractivity contribution in [3.63, 3.8) is 0 Å². The van der Waals surface area contributed by atoms with Gasteiger partial charge in [0.15, 0.2) is 0 Å². The molecule has 16 heavy (non-hydrogen) atoms. The van der Waals surface area contributed by atoms with Gasteiger partial charge in [-0.1, -0.05) is 33.6 Å². The Bertz CT molecular complexity index is 170. The summed E-state index contributed by atoms with van der Waals surface area (Å²) in [4.78, 5) is 0. The zero-order valence-electron chi connectivity index (χ0n) is 11.5. The molecule has 1 rings (SSSR count). The lowest BCUT2D eigenvalue weighted by Gasteiger charge is -2.40. The summed E-state index contributed by atoms with van der Waals surface area (Å²) in [5.74, 6) is 0.821. The van der Waals surface area contributed by atoms with Gasteiger partial charge in [0.25, 0.3) is 0 Å². The van der Waals surface area contributed by atoms with Crippen LogP contribution in [0.1, 0.15) is 72.6 Å². The smallest absolute Gasteiger partial charge is 0.0708 e. The molecule has 1 aliphatic carbocycles. The summed E-state index contributed by atoms with van der Waals surface area (Å²) < 4.78 is 6.37. The molecule has 0 aromatic rings. The molecule has 1 saturated carbocycles. The van der Waals surface area contributed by atoms with Gasteiger partial charge in [-0.2, -0.15) is 0 Å². The Morgan fingerprint density at radius 2 is 1.62 bits per heavy atom. The first-order valence-electron chi connectivity index (χ1n) is 6.86. The molecular formula is C14H30O2. The molecule has 2 N–H and O–H groups in total. The minimum atomic E-state index is 0. The van der Waals surface area contributed by atoms with Crippen LogP contribution in [0.5, 0.6) is 0 Å². The van der Waals surface area contributed by atoms with E-state index in [-0.39, 0.29) is 11.1 Å². The topological polar surface area (TPSA) is 40.7 Å². The second kappa shape index (κ2) is 7.29. The van der Waals surface area contributed by atoms with Gasteiger partial charge in [-0.3, -0.25) is 0 Å². The van der Waals surface area contributed by atoms with Crippen molar-refractivity contribution in [1.29, 1.82) is 0 Å². The van der Waals surface area contributed by atoms with Crippen molar-refractivity contribution in [2.75, 3.05) is 0 Å². The van der Waals surface area contributed by atoms with E-state index in [1.54, 1.807) is 0 Å². The molecule has 1 atom stereocenters. The number of hydrogen-bond acceptors (Lipinski definition) is 1. The molecule has 1 aliphatic rings. The van der Waals surface area contributed by atoms with Crippen molar-refractivity contribution in [1.82, 2.24) is 0 Å². The van der Waals surface area contributed by atoms with Gasteiger partial charge in [0.2, 0.25) is 0 Å². The van der Waals surface area contributed by atoms with E-state index in [1.165, 1.54) is 38.5 Å². The SMILES string of the molecule is CCC(C)OC(CC)(CC)C1CCCC1.O. The fourth-order valence-corrected chi connectivity index (χ4v) is 3.03. The molecule has 98 valence electrons. The summed E-state index contributed by atoms with van der Waals surface area (Å²) in [5.41, 5.74) is 0.186. The van der Waals surface area contributed by atoms with E-state index in [0.29, 0.717) is 6.10 Å². The Kier molecular flexibility index (Phi) is 7.25. The van der Waals surface area contributed by atoms with E-state index < -0.39 is 0 Å². The van der Waals surface area contributed by atoms with E-state index in [9.17, 15) is 0 Å². The third-order valence-corrected chi connectivity index (χ3v) is 4.31. The third-order valence-electron chi connectivity index (χ3n) is 4.31. The van der Waals surface area contributed by atoms with E-state index in [2.05, 4.69) is 27.7 Å². The molecule has 2 nitrogen and oxygen atoms in total. The standard InChI is InChI=1S/C14H28O.H2O/c1-5-12(4)15-14(6-2,7-3)13-10-8-9-11-13;/h12-13H,5-11H2,1-4H3;1H2. The highest BCUT2D eigenvalue weighted by Crippen LogP contribution is 2.41. The van der Waals surface area contributed by atoms with E-state index >= 15 is 0 Å². The van der Waals surface area contributed by atoms with Gasteiger partial charge < -0.3 is 10.2 Å². The zero-order chi connectivity index (χ0) is 11.3. The summed E-state index contributed by atoms with van der Waals surface area (Å²) in [6.45, 7) is 9.03. The van der Waals surface area contributed by atoms with Gasteiger partial charge >= 0.3 is 0 Å². The van der Waals surface area contributed by atoms with Crippen molar-refractivity contribution < 1.29 is 10.2 Å². The average Bonchev–Trinajstić information content (AvgIpc) is 2.79. The average molecular weight is 230 g/mol. The van der Waals surface area contributed by atoms with Crippen LogP contribution in [-0.2, 0) is 4.74 Å². The number of hydrogen-bond donors (Lipinski definition) is 0. The largest absolute Gasteiger partial charge is 0.412 e. The Morgan fingerprint density at radius 1 is 1.12 bits per heavy atom. The second-order valence-corrected chi connectivity index (χ2v) is 5.09. The van der Waals surface area contributed by atoms with Crippen LogP contribution in [0.4, 0.5) is 0 Å². The van der Waals surface area contributed by atoms with Gasteiger partial charge in [-0.05, 0) is 44.9 Å². The van der Waals surface area contributed by atoms with E-state index in [4.69, 9.17) is 4.74 Å². The molecule has 2 heteroatoms. The molecule has 0 aromatic heterocycles. The van der Waals surface area contributed by atoms with E-state index in [0.717, 1.165) is 12.3 Å². The molecule has 0 radical (unpaired) electrons. The van der Waals surface area contributed by atoms with Gasteiger partial charge in [0, 0.05) is 0 Å². The van der Waals surface area contributed by atoms with Gasteiger partial charge in [0.05, 0.1) is 11.7 Å². The van der Waals surface area contributed by atoms with Crippen molar-refractivity contribution in [3.05, 3.63) is 0 Å². The second-order valence-electron chi connectivity index (χ2n) is 5.09. The lowest BCUT2D eigenvalue weighted by atomic mass is 9.81. The highest BCUT2D eigenvalue weighted by molar-refractivity contribution is 4.89. The summed E-state index contributed by atoms with van der Waals surface area (Å²) in [6.07, 6.45) is 9.51. The van der Waals surface area contributed by atoms with E-state index in [1.807, 2.05) is 0 Å². The predicted molar refractivity (Wildman–Crippen MR) is 69.7 cm³/mol. The number of rotatable bonds is 6. The fourth-order valence-electron chi connectivity index (χ4n) is 3.03. The zero-order valence-corrected chi connectivity index (χ0v) is 11.5. The van der Waals surface area contributed by atoms with Crippen LogP contribution in [0.25, 0.3) is 0 Å². The summed E-state index contributed by atoms with van der Waals surface area (Å²) in [7, 11) is 0. The lowest BCUT2D eigenvalue weighted by molar-refractivity contribution is -0.127. The highest BCUT2D eigenvalue weighted by Gasteiger charge is 2.38. The maximum atomic E-state index is 6.37. The summed E-state index contributed by atoms with van der Waals surface area (Å²) in [5, 5.41) is 0. The Hall–Kier alpha value is -0.0800. The Balaban J connectivity index is 0.00000225. The monoisotopic (exact) mass is 230 g/mol. The van der Waals surface area contributed by atoms with Gasteiger partial charge in [-0.15, -0.1) is 0 Å². The molecular weight excluding hydrogens is 200 g/mol. The Morgan fingerprint density at radius 3 is 2.00 bits per heavy atom. The van der Waals surface area contributed by atoms with Gasteiger partial charge in [-0.25, -0.2) is 0 Å². The van der Waals surface area contributed by atoms with Crippen LogP contribution in [0, 0.1) is 5.92 Å². The first-order chi connectivity index (χ1) is 7.18. The van der Waals surface area contributed by atoms with Crippen molar-refractivity contribution >= 4 is 0 Å². The minimum absolute atomic E-state index is 0. The molecule has 0 aliphatic heterocycles. The van der Waals surface area contributed by atoms with Crippen LogP contribution < -0.4 is 0 Å². The predicted octanol–water partition coefficient (Wildman–Crippen LogP) is 3.73. The highest BCUT2D eigenvalue weighted by atomic mass is 16.5. The fraction of sp³-hybridized carbons (Fsp3) is 1.00. The normalized spacial score (nSPS) is 19.5. The van der Waals surface area contributed by atoms with Crippen LogP contribution in [0.15, 0.2) is 0 Å². The molecule has 0 amide bonds. The third kappa shape index (κ3) is 3.46. The molecule has 1 fully saturated rings. The van der Waals surface area contributed by atoms with Crippen LogP contribution in [0.3, 0.4) is 0 Å². The molecule has 0 heterocycles. The quantitative estimate of drug-likeness (QED) is 0.685. The van der Waals surface area contributed by atoms with Crippen molar-refractivity contribution in [3.8, 4) is 0 Å². The lowest BCUT2D eigenvalue weighted by Crippen LogP contribution is -2.41. The first kappa shape index (κ1) is 15.9. The van der Waals surface area contributed by atoms with Crippen LogP contribution in [-0.4, -0.2) is 17.2 Å². The molecule has 0 bridgehead atoms. The molecule has 0 saturated heterocycles. The maximum Gasteiger partial charge on any atom is 0.0708 e. The molecule has 0 aromatic carbocycles. The molecule has 1 unspecified atom stereocenters. The van der Waals surface area contributed by atoms with Crippen LogP contribution in [0.2, 0.25) is 0 Å². The Labute approximate surface area is 101 Å². The van der Waals surface area contributed by atoms with Crippen molar-refractivity contribution in [2.24, 2.45) is 5.92 Å². The minimum Gasteiger partial charge on any atom is -0.412 e. The summed E-state index contributed by atoms with van der Waals surface area (Å²) >= 11 is 0. The van der Waals surface area contributed by atoms with Crippen LogP contribution >= 0.6 is 0 Å². The van der Waals surface area contributed by atoms with Gasteiger partial charge in [0.1, 0.15) is 0 Å². The molecule has 0 spiro atoms. The summed E-state index contributed by atoms with van der Waals surface area (Å²) in [6, 6.07) is 0. The maximum absolute atomic E-state index is 6.37. The van der Waals surface area contributed by atoms with Crippen molar-refractivity contribution in [2.45, 2.75) is 84.3 Å². The number of ether oxygens (including phenoxy) is 1.